The fourth-order valence-corrected chi connectivity index (χ4v) is 12.5. The normalized spacial score (nSPS) is 14.4. The van der Waals surface area contributed by atoms with Crippen LogP contribution >= 0.6 is 0 Å². The van der Waals surface area contributed by atoms with Gasteiger partial charge < -0.3 is 25.4 Å². The summed E-state index contributed by atoms with van der Waals surface area (Å²) in [6.45, 7) is 10.3. The van der Waals surface area contributed by atoms with Gasteiger partial charge in [0.1, 0.15) is 0 Å². The summed E-state index contributed by atoms with van der Waals surface area (Å²) in [5, 5.41) is 0. The van der Waals surface area contributed by atoms with Gasteiger partial charge in [0, 0.05) is 22.3 Å². The van der Waals surface area contributed by atoms with E-state index in [9.17, 15) is 105 Å². The van der Waals surface area contributed by atoms with Crippen molar-refractivity contribution in [3.05, 3.63) is 139 Å². The maximum Gasteiger partial charge on any atom is 2.00 e. The van der Waals surface area contributed by atoms with Crippen molar-refractivity contribution in [2.75, 3.05) is 0 Å². The maximum atomic E-state index is 14.6. The van der Waals surface area contributed by atoms with Crippen LogP contribution in [0.5, 0.6) is 0 Å². The van der Waals surface area contributed by atoms with E-state index < -0.39 is 280 Å². The fraction of sp³-hybridized carbons (Fsp3) is 0.375. The quantitative estimate of drug-likeness (QED) is 0.108. The van der Waals surface area contributed by atoms with E-state index in [0.29, 0.717) is 0 Å². The summed E-state index contributed by atoms with van der Waals surface area (Å²) in [7, 11) is 0. The molecule has 6 aromatic heterocycles. The Bertz CT molecular complexity index is 4050. The Balaban J connectivity index is 0.000000303. The van der Waals surface area contributed by atoms with Crippen molar-refractivity contribution in [3.63, 3.8) is 0 Å². The molecule has 10 rings (SSSR count). The molecule has 35 heteroatoms. The van der Waals surface area contributed by atoms with Crippen molar-refractivity contribution in [2.45, 2.75) is 156 Å². The number of hydrogen-bond acceptors (Lipinski definition) is 4. The molecule has 2 N–H and O–H groups in total. The minimum atomic E-state index is -5.23. The van der Waals surface area contributed by atoms with Gasteiger partial charge in [0.05, 0.1) is 67.8 Å². The standard InChI is InChI=1S/2C32H24F12N4.2Fe.H2O/c2*1-5-13-17-9-10-18-14(6-2)23(31(39,40)41)27(47-18)28-24(32(42,43)44)16(8-4)20(48-28)12-11-19-15(7-3)22(30(36,37)38)26(46-19)25(45-17)21(13)29(33,34)35;;;/h2*9-12H,5-8H2,1-4H3;;;1H2/q2*-2;2*+2;. The van der Waals surface area contributed by atoms with Gasteiger partial charge in [-0.05, 0) is 97.9 Å². The average molecular weight is 1510 g/mol. The maximum absolute atomic E-state index is 14.6. The minimum absolute atomic E-state index is 0. The second kappa shape index (κ2) is 28.2. The molecular formula is C64H50F24Fe2N8O. The molecule has 0 unspecified atom stereocenters. The van der Waals surface area contributed by atoms with Crippen LogP contribution in [-0.4, -0.2) is 50.1 Å². The van der Waals surface area contributed by atoms with Crippen LogP contribution in [0.15, 0.2) is 48.5 Å². The van der Waals surface area contributed by atoms with Gasteiger partial charge in [-0.3, -0.25) is 0 Å². The van der Waals surface area contributed by atoms with Gasteiger partial charge >= 0.3 is 83.5 Å². The number of halogens is 24. The van der Waals surface area contributed by atoms with Crippen molar-refractivity contribution in [1.82, 2.24) is 39.9 Å². The Morgan fingerprint density at radius 1 is 0.253 bits per heavy atom. The zero-order valence-electron chi connectivity index (χ0n) is 52.1. The molecule has 4 aliphatic rings. The third kappa shape index (κ3) is 14.6. The Kier molecular flexibility index (Phi) is 22.9. The van der Waals surface area contributed by atoms with Crippen molar-refractivity contribution in [1.29, 1.82) is 0 Å². The van der Waals surface area contributed by atoms with E-state index in [2.05, 4.69) is 39.9 Å². The fourth-order valence-electron chi connectivity index (χ4n) is 12.5. The number of rotatable bonds is 8. The Labute approximate surface area is 566 Å². The first-order valence-electron chi connectivity index (χ1n) is 29.2. The van der Waals surface area contributed by atoms with Crippen molar-refractivity contribution < 1.29 is 145 Å². The number of hydrogen-bond donors (Lipinski definition) is 0. The van der Waals surface area contributed by atoms with E-state index in [-0.39, 0.29) is 39.6 Å². The van der Waals surface area contributed by atoms with E-state index in [0.717, 1.165) is 48.5 Å². The van der Waals surface area contributed by atoms with E-state index in [1.165, 1.54) is 55.4 Å². The first-order chi connectivity index (χ1) is 44.4. The molecule has 0 spiro atoms. The summed E-state index contributed by atoms with van der Waals surface area (Å²) in [5.74, 6) is 0. The van der Waals surface area contributed by atoms with E-state index in [1.54, 1.807) is 0 Å². The second-order valence-corrected chi connectivity index (χ2v) is 21.7. The third-order valence-electron chi connectivity index (χ3n) is 16.2. The van der Waals surface area contributed by atoms with Crippen molar-refractivity contribution in [2.24, 2.45) is 0 Å². The molecule has 0 fully saturated rings. The molecule has 16 bridgehead atoms. The first kappa shape index (κ1) is 80.5. The largest absolute Gasteiger partial charge is 2.00 e. The number of aryl methyl sites for hydroxylation is 4. The Morgan fingerprint density at radius 2 is 0.414 bits per heavy atom. The Hall–Kier alpha value is -7.48. The summed E-state index contributed by atoms with van der Waals surface area (Å²) >= 11 is 0. The second-order valence-electron chi connectivity index (χ2n) is 21.7. The molecular weight excluding hydrogens is 1460 g/mol. The Morgan fingerprint density at radius 3 is 0.535 bits per heavy atom. The van der Waals surface area contributed by atoms with Crippen LogP contribution in [0.2, 0.25) is 0 Å². The van der Waals surface area contributed by atoms with E-state index in [1.807, 2.05) is 0 Å². The molecule has 536 valence electrons. The van der Waals surface area contributed by atoms with Gasteiger partial charge in [-0.25, -0.2) is 19.9 Å². The predicted octanol–water partition coefficient (Wildman–Crippen LogP) is 20.2. The van der Waals surface area contributed by atoms with Gasteiger partial charge in [0.15, 0.2) is 0 Å². The first-order valence-corrected chi connectivity index (χ1v) is 29.2. The minimum Gasteiger partial charge on any atom is -0.655 e. The van der Waals surface area contributed by atoms with E-state index in [4.69, 9.17) is 0 Å². The molecule has 4 aliphatic heterocycles. The number of alkyl halides is 24. The number of allylic oxidation sites excluding steroid dienone is 8. The summed E-state index contributed by atoms with van der Waals surface area (Å²) in [4.78, 5) is 31.2. The zero-order valence-corrected chi connectivity index (χ0v) is 54.3. The van der Waals surface area contributed by atoms with Crippen molar-refractivity contribution >= 4 is 88.7 Å². The third-order valence-corrected chi connectivity index (χ3v) is 16.2. The zero-order chi connectivity index (χ0) is 71.4. The predicted molar refractivity (Wildman–Crippen MR) is 312 cm³/mol. The van der Waals surface area contributed by atoms with Crippen LogP contribution in [0.25, 0.3) is 88.7 Å². The molecule has 0 radical (unpaired) electrons. The molecule has 0 amide bonds. The molecule has 6 aromatic rings. The van der Waals surface area contributed by atoms with Crippen LogP contribution in [0.3, 0.4) is 0 Å². The van der Waals surface area contributed by atoms with Crippen molar-refractivity contribution in [3.8, 4) is 0 Å². The molecule has 0 atom stereocenters. The van der Waals surface area contributed by atoms with Crippen LogP contribution in [-0.2, 0) is 84.5 Å². The summed E-state index contributed by atoms with van der Waals surface area (Å²) < 4.78 is 350. The summed E-state index contributed by atoms with van der Waals surface area (Å²) in [6, 6.07) is 6.88. The topological polar surface area (TPSA) is 139 Å². The molecule has 0 saturated heterocycles. The van der Waals surface area contributed by atoms with Gasteiger partial charge in [-0.15, -0.1) is 22.1 Å². The SMILES string of the molecule is CCC1=C(C(F)(F)F)c2nc1ccc1[n-]c(c3nc(ccc4[n-]c2c(C(F)(F)F)c4CC)C(CC)=C3C(F)(F)F)c(C(F)(F)F)c1CC.CCC1=C(C(F)(F)F)c2nc1ccc1[n-]c(c3nc(ccc4[n-]c2c(C(F)(F)F)c4CC)C(CC)=C3C(F)(F)F)c(C(F)(F)F)c1CC.O.[Fe+2].[Fe+2]. The molecule has 9 nitrogen and oxygen atoms in total. The molecule has 99 heavy (non-hydrogen) atoms. The van der Waals surface area contributed by atoms with Gasteiger partial charge in [-0.1, -0.05) is 124 Å². The van der Waals surface area contributed by atoms with E-state index >= 15 is 0 Å². The van der Waals surface area contributed by atoms with Crippen LogP contribution in [0, 0.1) is 0 Å². The number of nitrogens with zero attached hydrogens (tertiary/aromatic N) is 8. The summed E-state index contributed by atoms with van der Waals surface area (Å²) in [6.07, 6.45) is -45.0. The van der Waals surface area contributed by atoms with Gasteiger partial charge in [-0.2, -0.15) is 105 Å². The average Bonchev–Trinajstić information content (AvgIpc) is 1.60. The molecule has 10 heterocycles. The van der Waals surface area contributed by atoms with Gasteiger partial charge in [0.2, 0.25) is 0 Å². The van der Waals surface area contributed by atoms with Gasteiger partial charge in [0.25, 0.3) is 0 Å². The summed E-state index contributed by atoms with van der Waals surface area (Å²) in [5.41, 5.74) is -29.7. The molecule has 0 saturated carbocycles. The smallest absolute Gasteiger partial charge is 0.655 e. The monoisotopic (exact) mass is 1510 g/mol. The number of aromatic nitrogens is 8. The van der Waals surface area contributed by atoms with Crippen LogP contribution in [0.4, 0.5) is 105 Å². The molecule has 0 aliphatic carbocycles. The molecule has 0 aromatic carbocycles. The van der Waals surface area contributed by atoms with Crippen LogP contribution < -0.4 is 19.9 Å². The number of fused-ring (bicyclic) bond motifs is 20. The van der Waals surface area contributed by atoms with Crippen LogP contribution in [0.1, 0.15) is 171 Å².